The average molecular weight is 298 g/mol. The number of hydrogen-bond donors (Lipinski definition) is 1. The third-order valence-electron chi connectivity index (χ3n) is 2.69. The van der Waals surface area contributed by atoms with Crippen molar-refractivity contribution >= 4 is 12.1 Å². The molecule has 0 saturated carbocycles. The largest absolute Gasteiger partial charge is 0.467 e. The van der Waals surface area contributed by atoms with Gasteiger partial charge in [0.2, 0.25) is 0 Å². The number of carbonyl (C=O) groups excluding carboxylic acids is 2. The number of hydrogen-bond acceptors (Lipinski definition) is 6. The molecule has 0 fully saturated rings. The van der Waals surface area contributed by atoms with Gasteiger partial charge in [-0.2, -0.15) is 0 Å². The Bertz CT molecular complexity index is 507. The van der Waals surface area contributed by atoms with E-state index in [4.69, 9.17) is 4.74 Å². The number of esters is 1. The summed E-state index contributed by atoms with van der Waals surface area (Å²) in [5, 5.41) is 10.3. The van der Waals surface area contributed by atoms with Gasteiger partial charge >= 0.3 is 12.1 Å². The van der Waals surface area contributed by atoms with Crippen LogP contribution in [-0.2, 0) is 14.3 Å². The van der Waals surface area contributed by atoms with Gasteiger partial charge in [0, 0.05) is 0 Å². The maximum atomic E-state index is 11.8. The van der Waals surface area contributed by atoms with E-state index >= 15 is 0 Å². The molecule has 0 unspecified atom stereocenters. The van der Waals surface area contributed by atoms with E-state index in [0.717, 1.165) is 0 Å². The number of aromatic nitrogens is 3. The number of alkyl carbamates (subject to hydrolysis) is 1. The highest BCUT2D eigenvalue weighted by atomic mass is 16.6. The fourth-order valence-corrected chi connectivity index (χ4v) is 1.69. The molecule has 0 aliphatic carbocycles. The van der Waals surface area contributed by atoms with Crippen molar-refractivity contribution in [2.75, 3.05) is 7.11 Å². The van der Waals surface area contributed by atoms with Crippen LogP contribution in [0, 0.1) is 0 Å². The van der Waals surface area contributed by atoms with Gasteiger partial charge < -0.3 is 14.8 Å². The molecule has 2 atom stereocenters. The van der Waals surface area contributed by atoms with Gasteiger partial charge in [-0.05, 0) is 34.6 Å². The molecule has 0 radical (unpaired) electrons. The molecular weight excluding hydrogens is 276 g/mol. The summed E-state index contributed by atoms with van der Waals surface area (Å²) in [6.45, 7) is 8.74. The van der Waals surface area contributed by atoms with E-state index < -0.39 is 29.7 Å². The molecule has 21 heavy (non-hydrogen) atoms. The zero-order valence-electron chi connectivity index (χ0n) is 13.2. The number of carbonyl (C=O) groups is 2. The summed E-state index contributed by atoms with van der Waals surface area (Å²) in [6.07, 6.45) is 0.940. The number of ether oxygens (including phenoxy) is 2. The van der Waals surface area contributed by atoms with Gasteiger partial charge in [0.05, 0.1) is 25.0 Å². The monoisotopic (exact) mass is 298 g/mol. The van der Waals surface area contributed by atoms with Gasteiger partial charge in [0.25, 0.3) is 0 Å². The SMILES string of the molecule is COC(=O)[C@H](C)n1nncc1[C@@H](C)NC(=O)OC(C)(C)C. The lowest BCUT2D eigenvalue weighted by atomic mass is 10.2. The van der Waals surface area contributed by atoms with Crippen LogP contribution < -0.4 is 5.32 Å². The quantitative estimate of drug-likeness (QED) is 0.848. The third kappa shape index (κ3) is 4.73. The van der Waals surface area contributed by atoms with E-state index in [9.17, 15) is 9.59 Å². The summed E-state index contributed by atoms with van der Waals surface area (Å²) >= 11 is 0. The van der Waals surface area contributed by atoms with Crippen molar-refractivity contribution < 1.29 is 19.1 Å². The van der Waals surface area contributed by atoms with Crippen LogP contribution in [0.2, 0.25) is 0 Å². The minimum Gasteiger partial charge on any atom is -0.467 e. The Morgan fingerprint density at radius 3 is 2.48 bits per heavy atom. The van der Waals surface area contributed by atoms with Gasteiger partial charge in [-0.25, -0.2) is 14.3 Å². The molecule has 1 N–H and O–H groups in total. The van der Waals surface area contributed by atoms with Crippen LogP contribution in [0.25, 0.3) is 0 Å². The van der Waals surface area contributed by atoms with Crippen LogP contribution in [0.1, 0.15) is 52.4 Å². The molecule has 1 amide bonds. The summed E-state index contributed by atoms with van der Waals surface area (Å²) in [7, 11) is 1.30. The molecule has 0 saturated heterocycles. The molecule has 8 heteroatoms. The Balaban J connectivity index is 2.80. The summed E-state index contributed by atoms with van der Waals surface area (Å²) in [4.78, 5) is 23.3. The predicted molar refractivity (Wildman–Crippen MR) is 74.5 cm³/mol. The van der Waals surface area contributed by atoms with Crippen LogP contribution in [0.3, 0.4) is 0 Å². The first-order chi connectivity index (χ1) is 9.65. The van der Waals surface area contributed by atoms with Crippen LogP contribution in [-0.4, -0.2) is 39.8 Å². The summed E-state index contributed by atoms with van der Waals surface area (Å²) in [6, 6.07) is -1.04. The zero-order valence-corrected chi connectivity index (χ0v) is 13.2. The second-order valence-electron chi connectivity index (χ2n) is 5.67. The van der Waals surface area contributed by atoms with E-state index in [1.807, 2.05) is 0 Å². The Morgan fingerprint density at radius 1 is 1.33 bits per heavy atom. The fourth-order valence-electron chi connectivity index (χ4n) is 1.69. The lowest BCUT2D eigenvalue weighted by molar-refractivity contribution is -0.144. The first kappa shape index (κ1) is 16.9. The van der Waals surface area contributed by atoms with Crippen LogP contribution in [0.5, 0.6) is 0 Å². The second-order valence-corrected chi connectivity index (χ2v) is 5.67. The first-order valence-corrected chi connectivity index (χ1v) is 6.63. The Labute approximate surface area is 123 Å². The maximum absolute atomic E-state index is 11.8. The molecule has 0 aliphatic heterocycles. The van der Waals surface area contributed by atoms with Gasteiger partial charge in [0.15, 0.2) is 0 Å². The van der Waals surface area contributed by atoms with Crippen molar-refractivity contribution in [2.24, 2.45) is 0 Å². The predicted octanol–water partition coefficient (Wildman–Crippen LogP) is 1.60. The highest BCUT2D eigenvalue weighted by Crippen LogP contribution is 2.17. The van der Waals surface area contributed by atoms with Crippen molar-refractivity contribution in [3.8, 4) is 0 Å². The molecule has 1 heterocycles. The lowest BCUT2D eigenvalue weighted by Crippen LogP contribution is -2.35. The van der Waals surface area contributed by atoms with E-state index in [0.29, 0.717) is 5.69 Å². The smallest absolute Gasteiger partial charge is 0.408 e. The molecule has 0 spiro atoms. The summed E-state index contributed by atoms with van der Waals surface area (Å²) < 4.78 is 11.3. The summed E-state index contributed by atoms with van der Waals surface area (Å²) in [5.74, 6) is -0.439. The molecule has 0 aromatic carbocycles. The third-order valence-corrected chi connectivity index (χ3v) is 2.69. The highest BCUT2D eigenvalue weighted by molar-refractivity contribution is 5.73. The number of amides is 1. The van der Waals surface area contributed by atoms with Gasteiger partial charge in [-0.15, -0.1) is 5.10 Å². The number of nitrogens with one attached hydrogen (secondary N) is 1. The Kier molecular flexibility index (Phi) is 5.28. The van der Waals surface area contributed by atoms with E-state index in [1.165, 1.54) is 18.0 Å². The molecule has 118 valence electrons. The topological polar surface area (TPSA) is 95.3 Å². The molecular formula is C13H22N4O4. The van der Waals surface area contributed by atoms with Crippen molar-refractivity contribution in [1.29, 1.82) is 0 Å². The fraction of sp³-hybridized carbons (Fsp3) is 0.692. The van der Waals surface area contributed by atoms with Gasteiger partial charge in [-0.3, -0.25) is 0 Å². The molecule has 0 bridgehead atoms. The van der Waals surface area contributed by atoms with Crippen molar-refractivity contribution in [2.45, 2.75) is 52.3 Å². The highest BCUT2D eigenvalue weighted by Gasteiger charge is 2.24. The second kappa shape index (κ2) is 6.55. The van der Waals surface area contributed by atoms with Crippen LogP contribution >= 0.6 is 0 Å². The maximum Gasteiger partial charge on any atom is 0.408 e. The molecule has 0 aliphatic rings. The van der Waals surface area contributed by atoms with Gasteiger partial charge in [-0.1, -0.05) is 5.21 Å². The normalized spacial score (nSPS) is 14.2. The summed E-state index contributed by atoms with van der Waals surface area (Å²) in [5.41, 5.74) is 0.000444. The zero-order chi connectivity index (χ0) is 16.2. The minimum atomic E-state index is -0.629. The van der Waals surface area contributed by atoms with Gasteiger partial charge in [0.1, 0.15) is 11.6 Å². The van der Waals surface area contributed by atoms with E-state index in [-0.39, 0.29) is 0 Å². The van der Waals surface area contributed by atoms with Crippen LogP contribution in [0.4, 0.5) is 4.79 Å². The standard InChI is InChI=1S/C13H22N4O4/c1-8(15-12(19)21-13(3,4)5)10-7-14-16-17(10)9(2)11(18)20-6/h7-9H,1-6H3,(H,15,19)/t8-,9+/m1/s1. The number of nitrogens with zero attached hydrogens (tertiary/aromatic N) is 3. The minimum absolute atomic E-state index is 0.415. The molecule has 1 aromatic heterocycles. The van der Waals surface area contributed by atoms with E-state index in [2.05, 4.69) is 20.4 Å². The first-order valence-electron chi connectivity index (χ1n) is 6.63. The van der Waals surface area contributed by atoms with E-state index in [1.54, 1.807) is 34.6 Å². The molecule has 8 nitrogen and oxygen atoms in total. The Hall–Kier alpha value is -2.12. The Morgan fingerprint density at radius 2 is 1.95 bits per heavy atom. The number of methoxy groups -OCH3 is 1. The van der Waals surface area contributed by atoms with Crippen LogP contribution in [0.15, 0.2) is 6.20 Å². The lowest BCUT2D eigenvalue weighted by Gasteiger charge is -2.22. The molecule has 1 aromatic rings. The van der Waals surface area contributed by atoms with Crippen molar-refractivity contribution in [1.82, 2.24) is 20.3 Å². The van der Waals surface area contributed by atoms with Crippen molar-refractivity contribution in [3.63, 3.8) is 0 Å². The average Bonchev–Trinajstić information content (AvgIpc) is 2.83. The molecule has 1 rings (SSSR count). The number of rotatable bonds is 4. The van der Waals surface area contributed by atoms with Crippen molar-refractivity contribution in [3.05, 3.63) is 11.9 Å².